The smallest absolute Gasteiger partial charge is 0.337 e. The van der Waals surface area contributed by atoms with E-state index in [1.165, 1.54) is 12.8 Å². The molecule has 0 saturated heterocycles. The topological polar surface area (TPSA) is 36.9 Å². The SMILES string of the molecule is CCO[Si](CC)(CCCSSSCCC[Si](CC)(OCC)OCC)OCC. The molecule has 0 bridgehead atoms. The predicted octanol–water partition coefficient (Wildman–Crippen LogP) is 6.87. The van der Waals surface area contributed by atoms with E-state index in [1.54, 1.807) is 0 Å². The summed E-state index contributed by atoms with van der Waals surface area (Å²) >= 11 is 0. The Morgan fingerprint density at radius 1 is 0.556 bits per heavy atom. The summed E-state index contributed by atoms with van der Waals surface area (Å²) in [6.07, 6.45) is 2.36. The molecular weight excluding hydrogens is 433 g/mol. The lowest BCUT2D eigenvalue weighted by molar-refractivity contribution is 0.182. The first-order valence-corrected chi connectivity index (χ1v) is 18.8. The quantitative estimate of drug-likeness (QED) is 0.108. The van der Waals surface area contributed by atoms with E-state index < -0.39 is 17.1 Å². The van der Waals surface area contributed by atoms with Crippen molar-refractivity contribution in [2.45, 2.75) is 78.6 Å². The Kier molecular flexibility index (Phi) is 19.0. The molecule has 0 fully saturated rings. The highest BCUT2D eigenvalue weighted by Gasteiger charge is 2.35. The molecule has 0 heterocycles. The first kappa shape index (κ1) is 28.3. The van der Waals surface area contributed by atoms with Crippen molar-refractivity contribution in [3.05, 3.63) is 0 Å². The molecule has 0 aliphatic heterocycles. The molecule has 0 radical (unpaired) electrons. The third-order valence-electron chi connectivity index (χ3n) is 4.37. The second-order valence-corrected chi connectivity index (χ2v) is 17.9. The van der Waals surface area contributed by atoms with E-state index in [2.05, 4.69) is 41.5 Å². The lowest BCUT2D eigenvalue weighted by Crippen LogP contribution is -2.41. The second-order valence-electron chi connectivity index (χ2n) is 6.18. The largest absolute Gasteiger partial charge is 0.394 e. The van der Waals surface area contributed by atoms with Gasteiger partial charge in [0.25, 0.3) is 0 Å². The van der Waals surface area contributed by atoms with Gasteiger partial charge < -0.3 is 17.7 Å². The summed E-state index contributed by atoms with van der Waals surface area (Å²) < 4.78 is 24.1. The average Bonchev–Trinajstić information content (AvgIpc) is 2.67. The van der Waals surface area contributed by atoms with Gasteiger partial charge in [-0.1, -0.05) is 35.4 Å². The highest BCUT2D eigenvalue weighted by atomic mass is 33.5. The van der Waals surface area contributed by atoms with Gasteiger partial charge in [0.05, 0.1) is 0 Å². The van der Waals surface area contributed by atoms with Crippen molar-refractivity contribution >= 4 is 48.5 Å². The van der Waals surface area contributed by atoms with Gasteiger partial charge in [-0.15, -0.1) is 0 Å². The Labute approximate surface area is 182 Å². The monoisotopic (exact) mass is 474 g/mol. The standard InChI is InChI=1S/C18H42O4S3Si2/c1-7-19-26(11-5,20-8-2)17-13-15-23-25-24-16-14-18-27(12-6,21-9-3)22-10-4/h7-18H2,1-6H3. The molecule has 0 aromatic carbocycles. The third-order valence-corrected chi connectivity index (χ3v) is 16.4. The van der Waals surface area contributed by atoms with Crippen LogP contribution in [0, 0.1) is 0 Å². The molecule has 27 heavy (non-hydrogen) atoms. The van der Waals surface area contributed by atoms with Crippen LogP contribution in [0.4, 0.5) is 0 Å². The summed E-state index contributed by atoms with van der Waals surface area (Å²) in [7, 11) is 1.96. The lowest BCUT2D eigenvalue weighted by Gasteiger charge is -2.29. The minimum atomic E-state index is -1.94. The maximum atomic E-state index is 6.04. The molecule has 0 atom stereocenters. The van der Waals surface area contributed by atoms with Crippen molar-refractivity contribution in [1.82, 2.24) is 0 Å². The Balaban J connectivity index is 3.90. The molecule has 164 valence electrons. The minimum Gasteiger partial charge on any atom is -0.394 e. The Hall–Kier alpha value is 1.32. The normalized spacial score (nSPS) is 12.7. The van der Waals surface area contributed by atoms with Crippen LogP contribution < -0.4 is 0 Å². The van der Waals surface area contributed by atoms with Crippen LogP contribution in [0.25, 0.3) is 0 Å². The van der Waals surface area contributed by atoms with E-state index in [9.17, 15) is 0 Å². The molecule has 4 nitrogen and oxygen atoms in total. The molecule has 0 amide bonds. The van der Waals surface area contributed by atoms with Crippen LogP contribution in [0.3, 0.4) is 0 Å². The first-order valence-electron chi connectivity index (χ1n) is 10.5. The second kappa shape index (κ2) is 18.1. The van der Waals surface area contributed by atoms with Crippen molar-refractivity contribution in [2.24, 2.45) is 0 Å². The molecule has 0 aromatic rings. The molecule has 0 rings (SSSR count). The first-order chi connectivity index (χ1) is 13.1. The lowest BCUT2D eigenvalue weighted by atomic mass is 10.6. The summed E-state index contributed by atoms with van der Waals surface area (Å²) in [5.41, 5.74) is 0. The van der Waals surface area contributed by atoms with Gasteiger partial charge in [-0.3, -0.25) is 0 Å². The number of rotatable bonds is 20. The van der Waals surface area contributed by atoms with Crippen molar-refractivity contribution in [3.63, 3.8) is 0 Å². The zero-order chi connectivity index (χ0) is 20.4. The molecule has 0 unspecified atom stereocenters. The summed E-state index contributed by atoms with van der Waals surface area (Å²) in [6, 6.07) is 4.31. The molecular formula is C18H42O4S3Si2. The van der Waals surface area contributed by atoms with Crippen molar-refractivity contribution in [2.75, 3.05) is 37.9 Å². The summed E-state index contributed by atoms with van der Waals surface area (Å²) in [5.74, 6) is 2.33. The number of hydrogen-bond acceptors (Lipinski definition) is 7. The predicted molar refractivity (Wildman–Crippen MR) is 130 cm³/mol. The summed E-state index contributed by atoms with van der Waals surface area (Å²) in [6.45, 7) is 15.8. The summed E-state index contributed by atoms with van der Waals surface area (Å²) in [4.78, 5) is 0. The Morgan fingerprint density at radius 3 is 1.15 bits per heavy atom. The Morgan fingerprint density at radius 2 is 0.889 bits per heavy atom. The van der Waals surface area contributed by atoms with Gasteiger partial charge in [-0.25, -0.2) is 0 Å². The van der Waals surface area contributed by atoms with Gasteiger partial charge in [0, 0.05) is 37.9 Å². The molecule has 9 heteroatoms. The van der Waals surface area contributed by atoms with E-state index >= 15 is 0 Å². The third kappa shape index (κ3) is 12.6. The fraction of sp³-hybridized carbons (Fsp3) is 1.00. The van der Waals surface area contributed by atoms with E-state index in [-0.39, 0.29) is 0 Å². The maximum absolute atomic E-state index is 6.04. The van der Waals surface area contributed by atoms with Crippen LogP contribution in [-0.2, 0) is 17.7 Å². The van der Waals surface area contributed by atoms with Crippen LogP contribution >= 0.6 is 31.4 Å². The van der Waals surface area contributed by atoms with E-state index in [0.29, 0.717) is 0 Å². The van der Waals surface area contributed by atoms with Gasteiger partial charge in [0.2, 0.25) is 0 Å². The van der Waals surface area contributed by atoms with Gasteiger partial charge in [-0.2, -0.15) is 0 Å². The molecule has 0 aliphatic rings. The van der Waals surface area contributed by atoms with Crippen molar-refractivity contribution in [1.29, 1.82) is 0 Å². The van der Waals surface area contributed by atoms with E-state index in [1.807, 2.05) is 31.4 Å². The van der Waals surface area contributed by atoms with Crippen LogP contribution in [0.2, 0.25) is 24.2 Å². The van der Waals surface area contributed by atoms with Crippen LogP contribution in [-0.4, -0.2) is 55.1 Å². The van der Waals surface area contributed by atoms with Crippen LogP contribution in [0.15, 0.2) is 0 Å². The molecule has 0 aliphatic carbocycles. The number of hydrogen-bond donors (Lipinski definition) is 0. The zero-order valence-electron chi connectivity index (χ0n) is 18.3. The minimum absolute atomic E-state index is 0.768. The molecule has 0 N–H and O–H groups in total. The molecule has 0 saturated carbocycles. The highest BCUT2D eigenvalue weighted by molar-refractivity contribution is 9.09. The maximum Gasteiger partial charge on any atom is 0.337 e. The summed E-state index contributed by atoms with van der Waals surface area (Å²) in [5, 5.41) is 0. The molecule has 0 aromatic heterocycles. The highest BCUT2D eigenvalue weighted by Crippen LogP contribution is 2.37. The Bertz CT molecular complexity index is 300. The van der Waals surface area contributed by atoms with Crippen LogP contribution in [0.1, 0.15) is 54.4 Å². The van der Waals surface area contributed by atoms with Gasteiger partial charge in [0.1, 0.15) is 0 Å². The van der Waals surface area contributed by atoms with E-state index in [4.69, 9.17) is 17.7 Å². The fourth-order valence-corrected chi connectivity index (χ4v) is 13.3. The van der Waals surface area contributed by atoms with Crippen molar-refractivity contribution < 1.29 is 17.7 Å². The zero-order valence-corrected chi connectivity index (χ0v) is 22.8. The molecule has 0 spiro atoms. The van der Waals surface area contributed by atoms with Crippen LogP contribution in [0.5, 0.6) is 0 Å². The van der Waals surface area contributed by atoms with Gasteiger partial charge in [0.15, 0.2) is 0 Å². The van der Waals surface area contributed by atoms with Gasteiger partial charge >= 0.3 is 17.1 Å². The van der Waals surface area contributed by atoms with Gasteiger partial charge in [-0.05, 0) is 74.5 Å². The van der Waals surface area contributed by atoms with E-state index in [0.717, 1.165) is 62.1 Å². The fourth-order valence-electron chi connectivity index (χ4n) is 3.09. The average molecular weight is 475 g/mol. The van der Waals surface area contributed by atoms with Crippen molar-refractivity contribution in [3.8, 4) is 0 Å².